The lowest BCUT2D eigenvalue weighted by Crippen LogP contribution is -2.37. The minimum Gasteiger partial charge on any atom is -0.357 e. The average Bonchev–Trinajstić information content (AvgIpc) is 2.83. The maximum atomic E-state index is 5.96. The summed E-state index contributed by atoms with van der Waals surface area (Å²) in [7, 11) is 0. The number of hydrogen-bond acceptors (Lipinski definition) is 3. The van der Waals surface area contributed by atoms with Crippen molar-refractivity contribution in [3.63, 3.8) is 0 Å². The first-order chi connectivity index (χ1) is 9.72. The molecule has 0 unspecified atom stereocenters. The topological polar surface area (TPSA) is 49.3 Å². The van der Waals surface area contributed by atoms with E-state index in [9.17, 15) is 0 Å². The predicted molar refractivity (Wildman–Crippen MR) is 103 cm³/mol. The van der Waals surface area contributed by atoms with Gasteiger partial charge in [0, 0.05) is 18.1 Å². The van der Waals surface area contributed by atoms with Gasteiger partial charge in [-0.1, -0.05) is 17.7 Å². The van der Waals surface area contributed by atoms with E-state index < -0.39 is 0 Å². The van der Waals surface area contributed by atoms with Crippen molar-refractivity contribution in [2.24, 2.45) is 4.99 Å². The molecule has 0 aliphatic heterocycles. The summed E-state index contributed by atoms with van der Waals surface area (Å²) in [6.45, 7) is 7.76. The zero-order chi connectivity index (χ0) is 14.4. The van der Waals surface area contributed by atoms with Crippen molar-refractivity contribution in [3.8, 4) is 0 Å². The van der Waals surface area contributed by atoms with Crippen molar-refractivity contribution < 1.29 is 0 Å². The summed E-state index contributed by atoms with van der Waals surface area (Å²) in [5.74, 6) is 0.768. The first-order valence-electron chi connectivity index (χ1n) is 6.41. The van der Waals surface area contributed by atoms with Gasteiger partial charge in [0.25, 0.3) is 0 Å². The number of rotatable bonds is 5. The smallest absolute Gasteiger partial charge is 0.191 e. The van der Waals surface area contributed by atoms with Gasteiger partial charge >= 0.3 is 0 Å². The molecule has 0 saturated carbocycles. The fraction of sp³-hybridized carbons (Fsp3) is 0.286. The van der Waals surface area contributed by atoms with Crippen LogP contribution < -0.4 is 10.6 Å². The molecular weight excluding hydrogens is 419 g/mol. The van der Waals surface area contributed by atoms with Crippen molar-refractivity contribution in [1.29, 1.82) is 0 Å². The van der Waals surface area contributed by atoms with Crippen LogP contribution in [0.5, 0.6) is 0 Å². The Labute approximate surface area is 150 Å². The fourth-order valence-electron chi connectivity index (χ4n) is 1.67. The number of nitrogens with zero attached hydrogens (tertiary/aromatic N) is 2. The minimum atomic E-state index is 0. The van der Waals surface area contributed by atoms with Crippen molar-refractivity contribution in [3.05, 3.63) is 40.9 Å². The van der Waals surface area contributed by atoms with Gasteiger partial charge in [-0.05, 0) is 25.1 Å². The lowest BCUT2D eigenvalue weighted by molar-refractivity contribution is 0.859. The number of nitrogens with one attached hydrogen (secondary N) is 2. The molecule has 0 saturated heterocycles. The molecule has 0 radical (unpaired) electrons. The summed E-state index contributed by atoms with van der Waals surface area (Å²) in [6, 6.07) is 5.75. The zero-order valence-corrected chi connectivity index (χ0v) is 15.6. The maximum Gasteiger partial charge on any atom is 0.191 e. The second-order valence-corrected chi connectivity index (χ2v) is 5.64. The molecule has 114 valence electrons. The molecule has 1 aromatic carbocycles. The van der Waals surface area contributed by atoms with Gasteiger partial charge in [-0.2, -0.15) is 0 Å². The van der Waals surface area contributed by atoms with Gasteiger partial charge in [-0.15, -0.1) is 41.9 Å². The van der Waals surface area contributed by atoms with Gasteiger partial charge in [-0.3, -0.25) is 0 Å². The van der Waals surface area contributed by atoms with Gasteiger partial charge < -0.3 is 10.6 Å². The minimum absolute atomic E-state index is 0. The second-order valence-electron chi connectivity index (χ2n) is 4.08. The highest BCUT2D eigenvalue weighted by atomic mass is 127. The molecule has 21 heavy (non-hydrogen) atoms. The third-order valence-electron chi connectivity index (χ3n) is 2.52. The van der Waals surface area contributed by atoms with Crippen LogP contribution in [0.2, 0.25) is 5.02 Å². The van der Waals surface area contributed by atoms with Crippen molar-refractivity contribution in [2.45, 2.75) is 13.5 Å². The van der Waals surface area contributed by atoms with Crippen LogP contribution in [0.1, 0.15) is 11.9 Å². The Morgan fingerprint density at radius 3 is 3.00 bits per heavy atom. The van der Waals surface area contributed by atoms with E-state index in [1.807, 2.05) is 25.1 Å². The number of halogens is 2. The van der Waals surface area contributed by atoms with Gasteiger partial charge in [-0.25, -0.2) is 9.98 Å². The van der Waals surface area contributed by atoms with E-state index in [4.69, 9.17) is 11.6 Å². The predicted octanol–water partition coefficient (Wildman–Crippen LogP) is 3.81. The first kappa shape index (κ1) is 18.2. The summed E-state index contributed by atoms with van der Waals surface area (Å²) >= 11 is 7.60. The van der Waals surface area contributed by atoms with Gasteiger partial charge in [0.1, 0.15) is 5.01 Å². The molecule has 0 aliphatic rings. The highest BCUT2D eigenvalue weighted by Gasteiger charge is 2.04. The van der Waals surface area contributed by atoms with Crippen LogP contribution in [0.25, 0.3) is 10.2 Å². The zero-order valence-electron chi connectivity index (χ0n) is 11.7. The number of hydrogen-bond donors (Lipinski definition) is 2. The van der Waals surface area contributed by atoms with Gasteiger partial charge in [0.05, 0.1) is 16.8 Å². The normalized spacial score (nSPS) is 11.0. The number of aliphatic imine (C=N–C) groups is 1. The Kier molecular flexibility index (Phi) is 7.98. The third-order valence-corrected chi connectivity index (χ3v) is 3.78. The Morgan fingerprint density at radius 1 is 1.48 bits per heavy atom. The molecule has 0 spiro atoms. The van der Waals surface area contributed by atoms with Crippen LogP contribution in [0.15, 0.2) is 35.8 Å². The lowest BCUT2D eigenvalue weighted by atomic mass is 10.3. The number of guanidine groups is 1. The number of fused-ring (bicyclic) bond motifs is 1. The summed E-state index contributed by atoms with van der Waals surface area (Å²) < 4.78 is 1.13. The van der Waals surface area contributed by atoms with Crippen LogP contribution in [0.3, 0.4) is 0 Å². The quantitative estimate of drug-likeness (QED) is 0.324. The van der Waals surface area contributed by atoms with E-state index in [1.165, 1.54) is 0 Å². The van der Waals surface area contributed by atoms with Crippen LogP contribution in [-0.2, 0) is 6.54 Å². The molecule has 2 N–H and O–H groups in total. The van der Waals surface area contributed by atoms with Crippen LogP contribution in [-0.4, -0.2) is 24.0 Å². The van der Waals surface area contributed by atoms with E-state index in [2.05, 4.69) is 27.2 Å². The monoisotopic (exact) mass is 436 g/mol. The highest BCUT2D eigenvalue weighted by molar-refractivity contribution is 14.0. The Bertz CT molecular complexity index is 626. The molecule has 2 aromatic rings. The Balaban J connectivity index is 0.00000220. The van der Waals surface area contributed by atoms with Gasteiger partial charge in [0.15, 0.2) is 5.96 Å². The average molecular weight is 437 g/mol. The molecule has 0 amide bonds. The number of benzene rings is 1. The summed E-state index contributed by atoms with van der Waals surface area (Å²) in [6.07, 6.45) is 1.80. The highest BCUT2D eigenvalue weighted by Crippen LogP contribution is 2.25. The van der Waals surface area contributed by atoms with E-state index in [0.29, 0.717) is 18.1 Å². The molecule has 1 heterocycles. The van der Waals surface area contributed by atoms with Gasteiger partial charge in [0.2, 0.25) is 0 Å². The lowest BCUT2D eigenvalue weighted by Gasteiger charge is -2.08. The molecule has 7 heteroatoms. The van der Waals surface area contributed by atoms with Crippen molar-refractivity contribution >= 4 is 63.1 Å². The molecular formula is C14H18ClIN4S. The molecule has 0 bridgehead atoms. The third kappa shape index (κ3) is 5.44. The largest absolute Gasteiger partial charge is 0.357 e. The SMILES string of the molecule is C=CCNC(=NCc1nc2cc(Cl)ccc2s1)NCC.I. The molecule has 2 rings (SSSR count). The van der Waals surface area contributed by atoms with Crippen molar-refractivity contribution in [2.75, 3.05) is 13.1 Å². The van der Waals surface area contributed by atoms with E-state index in [1.54, 1.807) is 17.4 Å². The van der Waals surface area contributed by atoms with E-state index >= 15 is 0 Å². The summed E-state index contributed by atoms with van der Waals surface area (Å²) in [4.78, 5) is 9.04. The van der Waals surface area contributed by atoms with Crippen LogP contribution >= 0.6 is 46.9 Å². The second kappa shape index (κ2) is 9.22. The first-order valence-corrected chi connectivity index (χ1v) is 7.60. The van der Waals surface area contributed by atoms with Crippen LogP contribution in [0, 0.1) is 0 Å². The standard InChI is InChI=1S/C14H17ClN4S.HI/c1-3-7-17-14(16-4-2)18-9-13-19-11-8-10(15)5-6-12(11)20-13;/h3,5-6,8H,1,4,7,9H2,2H3,(H2,16,17,18);1H. The summed E-state index contributed by atoms with van der Waals surface area (Å²) in [5, 5.41) is 8.02. The number of thiazole rings is 1. The summed E-state index contributed by atoms with van der Waals surface area (Å²) in [5.41, 5.74) is 0.928. The van der Waals surface area contributed by atoms with Crippen LogP contribution in [0.4, 0.5) is 0 Å². The molecule has 0 fully saturated rings. The molecule has 1 aromatic heterocycles. The molecule has 4 nitrogen and oxygen atoms in total. The molecule has 0 aliphatic carbocycles. The van der Waals surface area contributed by atoms with E-state index in [0.717, 1.165) is 27.7 Å². The Hall–Kier alpha value is -0.860. The Morgan fingerprint density at radius 2 is 2.29 bits per heavy atom. The molecule has 0 atom stereocenters. The van der Waals surface area contributed by atoms with Crippen molar-refractivity contribution in [1.82, 2.24) is 15.6 Å². The maximum absolute atomic E-state index is 5.96. The van der Waals surface area contributed by atoms with E-state index in [-0.39, 0.29) is 24.0 Å². The fourth-order valence-corrected chi connectivity index (χ4v) is 2.71. The number of aromatic nitrogens is 1.